The van der Waals surface area contributed by atoms with Crippen molar-refractivity contribution in [3.05, 3.63) is 71.2 Å². The van der Waals surface area contributed by atoms with Crippen LogP contribution >= 0.6 is 0 Å². The molecular formula is C29H34N4O4. The van der Waals surface area contributed by atoms with Crippen LogP contribution in [0.1, 0.15) is 60.3 Å². The van der Waals surface area contributed by atoms with Crippen molar-refractivity contribution in [1.29, 1.82) is 0 Å². The van der Waals surface area contributed by atoms with E-state index in [2.05, 4.69) is 34.3 Å². The molecule has 194 valence electrons. The number of amides is 1. The summed E-state index contributed by atoms with van der Waals surface area (Å²) in [6, 6.07) is 10.1. The molecule has 1 aromatic carbocycles. The number of aryl methyl sites for hydroxylation is 2. The lowest BCUT2D eigenvalue weighted by molar-refractivity contribution is -0.138. The van der Waals surface area contributed by atoms with Gasteiger partial charge in [-0.1, -0.05) is 42.5 Å². The first-order valence-electron chi connectivity index (χ1n) is 13.2. The number of carbonyl (C=O) groups is 2. The molecule has 1 amide bonds. The van der Waals surface area contributed by atoms with E-state index in [0.29, 0.717) is 43.2 Å². The molecule has 8 heteroatoms. The number of hydrogen-bond acceptors (Lipinski definition) is 6. The van der Waals surface area contributed by atoms with E-state index in [-0.39, 0.29) is 29.6 Å². The van der Waals surface area contributed by atoms with Gasteiger partial charge in [-0.25, -0.2) is 4.98 Å². The highest BCUT2D eigenvalue weighted by atomic mass is 16.5. The quantitative estimate of drug-likeness (QED) is 0.575. The number of carbonyl (C=O) groups excluding carboxylic acids is 1. The molecule has 2 heterocycles. The minimum Gasteiger partial charge on any atom is -0.481 e. The van der Waals surface area contributed by atoms with Crippen molar-refractivity contribution in [1.82, 2.24) is 14.9 Å². The molecule has 8 nitrogen and oxygen atoms in total. The van der Waals surface area contributed by atoms with Crippen molar-refractivity contribution in [2.24, 2.45) is 17.8 Å². The van der Waals surface area contributed by atoms with Crippen molar-refractivity contribution in [2.75, 3.05) is 18.9 Å². The number of nitrogen functional groups attached to an aromatic ring is 1. The zero-order valence-corrected chi connectivity index (χ0v) is 21.0. The Kier molecular flexibility index (Phi) is 7.53. The van der Waals surface area contributed by atoms with Crippen molar-refractivity contribution in [3.8, 4) is 5.88 Å². The Balaban J connectivity index is 1.23. The van der Waals surface area contributed by atoms with Crippen LogP contribution in [0.15, 0.2) is 54.3 Å². The third-order valence-electron chi connectivity index (χ3n) is 7.83. The molecule has 2 aromatic rings. The van der Waals surface area contributed by atoms with Gasteiger partial charge in [-0.3, -0.25) is 9.59 Å². The number of carboxylic acids is 1. The molecule has 1 aliphatic heterocycles. The lowest BCUT2D eigenvalue weighted by atomic mass is 9.73. The van der Waals surface area contributed by atoms with E-state index in [1.165, 1.54) is 5.56 Å². The summed E-state index contributed by atoms with van der Waals surface area (Å²) in [6.07, 6.45) is 13.0. The Hall–Kier alpha value is -3.68. The Morgan fingerprint density at radius 1 is 1.11 bits per heavy atom. The average molecular weight is 503 g/mol. The topological polar surface area (TPSA) is 119 Å². The van der Waals surface area contributed by atoms with Crippen molar-refractivity contribution in [2.45, 2.75) is 51.4 Å². The number of nitrogens with two attached hydrogens (primary N) is 1. The molecule has 1 atom stereocenters. The fourth-order valence-corrected chi connectivity index (χ4v) is 5.78. The number of hydrogen-bond donors (Lipinski definition) is 2. The van der Waals surface area contributed by atoms with Crippen molar-refractivity contribution < 1.29 is 19.4 Å². The summed E-state index contributed by atoms with van der Waals surface area (Å²) >= 11 is 0. The molecule has 1 fully saturated rings. The number of aliphatic carboxylic acids is 1. The van der Waals surface area contributed by atoms with Crippen LogP contribution < -0.4 is 10.5 Å². The Morgan fingerprint density at radius 3 is 2.59 bits per heavy atom. The Labute approximate surface area is 217 Å². The zero-order chi connectivity index (χ0) is 25.8. The number of ether oxygens (including phenoxy) is 1. The number of nitrogens with zero attached hydrogens (tertiary/aromatic N) is 3. The van der Waals surface area contributed by atoms with Crippen LogP contribution in [0.2, 0.25) is 0 Å². The Morgan fingerprint density at radius 2 is 1.89 bits per heavy atom. The lowest BCUT2D eigenvalue weighted by Crippen LogP contribution is -2.33. The van der Waals surface area contributed by atoms with E-state index in [9.17, 15) is 9.59 Å². The summed E-state index contributed by atoms with van der Waals surface area (Å²) in [5.74, 6) is 1.33. The first kappa shape index (κ1) is 25.0. The maximum atomic E-state index is 13.5. The van der Waals surface area contributed by atoms with Gasteiger partial charge in [0.15, 0.2) is 0 Å². The van der Waals surface area contributed by atoms with Gasteiger partial charge in [-0.05, 0) is 67.9 Å². The summed E-state index contributed by atoms with van der Waals surface area (Å²) in [7, 11) is 0. The third-order valence-corrected chi connectivity index (χ3v) is 7.83. The van der Waals surface area contributed by atoms with Gasteiger partial charge in [0.1, 0.15) is 23.8 Å². The summed E-state index contributed by atoms with van der Waals surface area (Å²) in [5, 5.41) is 9.06. The SMILES string of the molecule is Nc1nc(CCc2ccccc2)nc2c1C(=O)N(C1=CCC([C@H]3CC[C@H](CC(=O)O)CC3)C=C1)CCO2. The molecule has 3 N–H and O–H groups in total. The summed E-state index contributed by atoms with van der Waals surface area (Å²) in [5.41, 5.74) is 8.54. The predicted octanol–water partition coefficient (Wildman–Crippen LogP) is 4.42. The number of aromatic nitrogens is 2. The van der Waals surface area contributed by atoms with Gasteiger partial charge in [0.05, 0.1) is 6.54 Å². The number of benzene rings is 1. The molecule has 0 saturated heterocycles. The van der Waals surface area contributed by atoms with Crippen LogP contribution in [0.25, 0.3) is 0 Å². The number of fused-ring (bicyclic) bond motifs is 1. The average Bonchev–Trinajstić information content (AvgIpc) is 3.07. The first-order chi connectivity index (χ1) is 18.0. The van der Waals surface area contributed by atoms with E-state index in [1.807, 2.05) is 24.3 Å². The van der Waals surface area contributed by atoms with Gasteiger partial charge in [0.25, 0.3) is 5.91 Å². The fourth-order valence-electron chi connectivity index (χ4n) is 5.78. The van der Waals surface area contributed by atoms with Gasteiger partial charge in [0.2, 0.25) is 5.88 Å². The van der Waals surface area contributed by atoms with E-state index in [0.717, 1.165) is 44.2 Å². The standard InChI is InChI=1S/C29H34N4O4/c30-27-26-28(32-24(31-27)15-8-19-4-2-1-3-5-19)37-17-16-33(29(26)36)23-13-11-22(12-14-23)21-9-6-20(7-10-21)18-25(34)35/h1-5,11,13-14,20-22H,6-10,12,15-18H2,(H,34,35)(H2,30,31,32)/t20-,21-,22?. The summed E-state index contributed by atoms with van der Waals surface area (Å²) in [6.45, 7) is 0.741. The van der Waals surface area contributed by atoms with E-state index in [4.69, 9.17) is 15.6 Å². The normalized spacial score (nSPS) is 23.6. The second-order valence-electron chi connectivity index (χ2n) is 10.3. The second kappa shape index (κ2) is 11.2. The van der Waals surface area contributed by atoms with E-state index >= 15 is 0 Å². The molecule has 0 spiro atoms. The van der Waals surface area contributed by atoms with Gasteiger partial charge in [0, 0.05) is 18.5 Å². The van der Waals surface area contributed by atoms with Crippen LogP contribution in [0, 0.1) is 17.8 Å². The number of rotatable bonds is 7. The van der Waals surface area contributed by atoms with E-state index in [1.54, 1.807) is 4.90 Å². The van der Waals surface area contributed by atoms with Crippen LogP contribution in [0.4, 0.5) is 5.82 Å². The second-order valence-corrected chi connectivity index (χ2v) is 10.3. The smallest absolute Gasteiger partial charge is 0.303 e. The van der Waals surface area contributed by atoms with Crippen molar-refractivity contribution in [3.63, 3.8) is 0 Å². The van der Waals surface area contributed by atoms with Gasteiger partial charge in [-0.2, -0.15) is 4.98 Å². The van der Waals surface area contributed by atoms with E-state index < -0.39 is 5.97 Å². The highest BCUT2D eigenvalue weighted by Gasteiger charge is 2.32. The summed E-state index contributed by atoms with van der Waals surface area (Å²) in [4.78, 5) is 35.2. The molecule has 1 unspecified atom stereocenters. The third kappa shape index (κ3) is 5.84. The maximum absolute atomic E-state index is 13.5. The van der Waals surface area contributed by atoms with Crippen LogP contribution in [-0.4, -0.2) is 45.0 Å². The Bertz CT molecular complexity index is 1200. The molecule has 1 saturated carbocycles. The maximum Gasteiger partial charge on any atom is 0.303 e. The van der Waals surface area contributed by atoms with Gasteiger partial charge >= 0.3 is 5.97 Å². The van der Waals surface area contributed by atoms with Crippen LogP contribution in [0.3, 0.4) is 0 Å². The largest absolute Gasteiger partial charge is 0.481 e. The molecule has 37 heavy (non-hydrogen) atoms. The summed E-state index contributed by atoms with van der Waals surface area (Å²) < 4.78 is 5.88. The van der Waals surface area contributed by atoms with Crippen LogP contribution in [-0.2, 0) is 17.6 Å². The number of carboxylic acid groups (broad SMARTS) is 1. The highest BCUT2D eigenvalue weighted by molar-refractivity contribution is 6.01. The highest BCUT2D eigenvalue weighted by Crippen LogP contribution is 2.39. The molecule has 5 rings (SSSR count). The zero-order valence-electron chi connectivity index (χ0n) is 21.0. The number of anilines is 1. The molecule has 0 bridgehead atoms. The monoisotopic (exact) mass is 502 g/mol. The van der Waals surface area contributed by atoms with Crippen LogP contribution in [0.5, 0.6) is 5.88 Å². The molecule has 3 aliphatic rings. The lowest BCUT2D eigenvalue weighted by Gasteiger charge is -2.33. The molecule has 1 aromatic heterocycles. The fraction of sp³-hybridized carbons (Fsp3) is 0.448. The molecule has 0 radical (unpaired) electrons. The minimum absolute atomic E-state index is 0.154. The molecule has 2 aliphatic carbocycles. The number of allylic oxidation sites excluding steroid dienone is 3. The first-order valence-corrected chi connectivity index (χ1v) is 13.2. The van der Waals surface area contributed by atoms with Gasteiger partial charge in [-0.15, -0.1) is 0 Å². The predicted molar refractivity (Wildman–Crippen MR) is 140 cm³/mol. The molecular weight excluding hydrogens is 468 g/mol. The minimum atomic E-state index is -0.698. The van der Waals surface area contributed by atoms with Crippen molar-refractivity contribution >= 4 is 17.7 Å². The van der Waals surface area contributed by atoms with Gasteiger partial charge < -0.3 is 20.5 Å².